The zero-order valence-corrected chi connectivity index (χ0v) is 18.0. The molecule has 5 rings (SSSR count). The van der Waals surface area contributed by atoms with Gasteiger partial charge in [0, 0.05) is 12.8 Å². The topological polar surface area (TPSA) is 55.9 Å². The van der Waals surface area contributed by atoms with Crippen molar-refractivity contribution < 1.29 is 19.1 Å². The van der Waals surface area contributed by atoms with E-state index in [1.807, 2.05) is 6.92 Å². The second kappa shape index (κ2) is 6.06. The van der Waals surface area contributed by atoms with E-state index in [9.17, 15) is 9.59 Å². The highest BCUT2D eigenvalue weighted by molar-refractivity contribution is 5.90. The van der Waals surface area contributed by atoms with Gasteiger partial charge in [0.1, 0.15) is 5.78 Å². The number of ether oxygens (including phenoxy) is 2. The minimum atomic E-state index is -0.951. The maximum absolute atomic E-state index is 12.3. The molecule has 0 unspecified atom stereocenters. The number of cyclic esters (lactones) is 1. The minimum absolute atomic E-state index is 0.161. The maximum atomic E-state index is 12.3. The van der Waals surface area contributed by atoms with Crippen molar-refractivity contribution in [2.24, 2.45) is 40.4 Å². The molecule has 4 saturated carbocycles. The number of hydrogen-bond acceptors (Lipinski definition) is 4. The van der Waals surface area contributed by atoms with E-state index in [2.05, 4.69) is 13.8 Å². The lowest BCUT2D eigenvalue weighted by Gasteiger charge is -2.61. The lowest BCUT2D eigenvalue weighted by molar-refractivity contribution is -0.160. The number of carbonyl (C=O) groups excluding carboxylic acids is 2. The van der Waals surface area contributed by atoms with E-state index in [1.165, 1.54) is 38.5 Å². The van der Waals surface area contributed by atoms with E-state index in [1.54, 1.807) is 6.92 Å². The summed E-state index contributed by atoms with van der Waals surface area (Å²) in [6.07, 6.45) is 11.0. The first kappa shape index (κ1) is 19.1. The van der Waals surface area contributed by atoms with Crippen molar-refractivity contribution in [1.29, 1.82) is 0 Å². The van der Waals surface area contributed by atoms with Crippen LogP contribution in [0.2, 0.25) is 0 Å². The highest BCUT2D eigenvalue weighted by Crippen LogP contribution is 2.67. The summed E-state index contributed by atoms with van der Waals surface area (Å²) in [4.78, 5) is 23.7. The van der Waals surface area contributed by atoms with Crippen LogP contribution >= 0.6 is 0 Å². The van der Waals surface area contributed by atoms with Gasteiger partial charge in [-0.3, -0.25) is 4.79 Å². The van der Waals surface area contributed by atoms with Crippen LogP contribution in [-0.4, -0.2) is 23.6 Å². The van der Waals surface area contributed by atoms with Gasteiger partial charge >= 0.3 is 11.8 Å². The standard InChI is InChI=1S/C24H36O4/c1-14(25)18-7-8-19-17-6-5-15-13-16(27-24(4)21(26)28-24)9-11-22(15,2)20(17)10-12-23(18,19)3/h15-20H,5-13H2,1-4H3/t15-,16+,17-,18+,19-,20-,22-,23+,24-/m0/s1. The lowest BCUT2D eigenvalue weighted by atomic mass is 9.44. The molecule has 4 heteroatoms. The molecule has 0 aromatic carbocycles. The zero-order valence-electron chi connectivity index (χ0n) is 18.0. The Balaban J connectivity index is 1.32. The van der Waals surface area contributed by atoms with Crippen molar-refractivity contribution in [2.75, 3.05) is 0 Å². The molecule has 5 aliphatic rings. The van der Waals surface area contributed by atoms with Crippen molar-refractivity contribution in [2.45, 2.75) is 97.4 Å². The Labute approximate surface area is 169 Å². The number of fused-ring (bicyclic) bond motifs is 5. The summed E-state index contributed by atoms with van der Waals surface area (Å²) in [5, 5.41) is 0. The van der Waals surface area contributed by atoms with Crippen LogP contribution in [0.15, 0.2) is 0 Å². The smallest absolute Gasteiger partial charge is 0.382 e. The number of epoxide rings is 1. The summed E-state index contributed by atoms with van der Waals surface area (Å²) in [6.45, 7) is 8.55. The average molecular weight is 389 g/mol. The predicted molar refractivity (Wildman–Crippen MR) is 105 cm³/mol. The molecule has 0 N–H and O–H groups in total. The fourth-order valence-electron chi connectivity index (χ4n) is 8.54. The van der Waals surface area contributed by atoms with Crippen LogP contribution in [0.5, 0.6) is 0 Å². The van der Waals surface area contributed by atoms with Crippen molar-refractivity contribution in [3.63, 3.8) is 0 Å². The van der Waals surface area contributed by atoms with E-state index in [-0.39, 0.29) is 17.5 Å². The molecule has 9 atom stereocenters. The van der Waals surface area contributed by atoms with E-state index in [0.29, 0.717) is 23.0 Å². The van der Waals surface area contributed by atoms with Crippen LogP contribution in [0.1, 0.15) is 85.5 Å². The predicted octanol–water partition coefficient (Wildman–Crippen LogP) is 4.89. The molecular weight excluding hydrogens is 352 g/mol. The van der Waals surface area contributed by atoms with Crippen molar-refractivity contribution in [3.8, 4) is 0 Å². The van der Waals surface area contributed by atoms with E-state index < -0.39 is 5.79 Å². The number of hydrogen-bond donors (Lipinski definition) is 0. The third kappa shape index (κ3) is 2.58. The van der Waals surface area contributed by atoms with E-state index in [4.69, 9.17) is 9.47 Å². The van der Waals surface area contributed by atoms with E-state index >= 15 is 0 Å². The van der Waals surface area contributed by atoms with Gasteiger partial charge in [0.2, 0.25) is 0 Å². The van der Waals surface area contributed by atoms with Gasteiger partial charge in [-0.15, -0.1) is 0 Å². The maximum Gasteiger partial charge on any atom is 0.382 e. The van der Waals surface area contributed by atoms with Gasteiger partial charge in [0.15, 0.2) is 0 Å². The van der Waals surface area contributed by atoms with Crippen LogP contribution in [0.4, 0.5) is 0 Å². The van der Waals surface area contributed by atoms with Gasteiger partial charge in [-0.25, -0.2) is 4.79 Å². The molecule has 156 valence electrons. The number of carbonyl (C=O) groups is 2. The number of Topliss-reactive ketones (excluding diaryl/α,β-unsaturated/α-hetero) is 1. The normalized spacial score (nSPS) is 54.9. The van der Waals surface area contributed by atoms with Crippen LogP contribution in [-0.2, 0) is 19.1 Å². The number of rotatable bonds is 3. The van der Waals surface area contributed by atoms with Gasteiger partial charge in [-0.05, 0) is 99.2 Å². The molecular formula is C24H36O4. The van der Waals surface area contributed by atoms with Gasteiger partial charge in [0.25, 0.3) is 0 Å². The highest BCUT2D eigenvalue weighted by atomic mass is 16.8. The molecule has 0 aromatic heterocycles. The average Bonchev–Trinajstić information content (AvgIpc) is 3.05. The molecule has 0 amide bonds. The van der Waals surface area contributed by atoms with Gasteiger partial charge < -0.3 is 9.47 Å². The molecule has 1 aliphatic heterocycles. The fraction of sp³-hybridized carbons (Fsp3) is 0.917. The van der Waals surface area contributed by atoms with Gasteiger partial charge in [0.05, 0.1) is 6.10 Å². The molecule has 0 bridgehead atoms. The van der Waals surface area contributed by atoms with Crippen molar-refractivity contribution in [3.05, 3.63) is 0 Å². The molecule has 0 aromatic rings. The molecule has 0 spiro atoms. The Morgan fingerprint density at radius 1 is 0.964 bits per heavy atom. The van der Waals surface area contributed by atoms with Gasteiger partial charge in [-0.2, -0.15) is 0 Å². The first-order chi connectivity index (χ1) is 13.2. The quantitative estimate of drug-likeness (QED) is 0.646. The van der Waals surface area contributed by atoms with E-state index in [0.717, 1.165) is 37.0 Å². The fourth-order valence-corrected chi connectivity index (χ4v) is 8.54. The second-order valence-corrected chi connectivity index (χ2v) is 11.3. The molecule has 5 fully saturated rings. The molecule has 4 nitrogen and oxygen atoms in total. The lowest BCUT2D eigenvalue weighted by Crippen LogP contribution is -2.54. The third-order valence-corrected chi connectivity index (χ3v) is 10.1. The summed E-state index contributed by atoms with van der Waals surface area (Å²) >= 11 is 0. The summed E-state index contributed by atoms with van der Waals surface area (Å²) in [6, 6.07) is 0. The van der Waals surface area contributed by atoms with Crippen LogP contribution < -0.4 is 0 Å². The van der Waals surface area contributed by atoms with Gasteiger partial charge in [-0.1, -0.05) is 13.8 Å². The molecule has 1 saturated heterocycles. The Hall–Kier alpha value is -0.900. The monoisotopic (exact) mass is 388 g/mol. The summed E-state index contributed by atoms with van der Waals surface area (Å²) in [5.74, 6) is 2.59. The Kier molecular flexibility index (Phi) is 4.13. The third-order valence-electron chi connectivity index (χ3n) is 10.1. The Morgan fingerprint density at radius 2 is 1.64 bits per heavy atom. The summed E-state index contributed by atoms with van der Waals surface area (Å²) in [5.41, 5.74) is 0.641. The zero-order chi connectivity index (χ0) is 19.9. The largest absolute Gasteiger partial charge is 0.417 e. The molecule has 28 heavy (non-hydrogen) atoms. The van der Waals surface area contributed by atoms with Crippen LogP contribution in [0.3, 0.4) is 0 Å². The molecule has 1 heterocycles. The first-order valence-corrected chi connectivity index (χ1v) is 11.6. The first-order valence-electron chi connectivity index (χ1n) is 11.6. The van der Waals surface area contributed by atoms with Crippen molar-refractivity contribution in [1.82, 2.24) is 0 Å². The molecule has 0 radical (unpaired) electrons. The Bertz CT molecular complexity index is 703. The number of ketones is 1. The minimum Gasteiger partial charge on any atom is -0.417 e. The SMILES string of the molecule is CC(=O)[C@H]1CC[C@H]2[C@@H]3CC[C@H]4C[C@H](O[C@@]5(C)OC5=O)CC[C@]4(C)[C@H]3CC[C@]12C. The summed E-state index contributed by atoms with van der Waals surface area (Å²) < 4.78 is 11.1. The summed E-state index contributed by atoms with van der Waals surface area (Å²) in [7, 11) is 0. The highest BCUT2D eigenvalue weighted by Gasteiger charge is 2.62. The van der Waals surface area contributed by atoms with Crippen LogP contribution in [0, 0.1) is 40.4 Å². The van der Waals surface area contributed by atoms with Crippen LogP contribution in [0.25, 0.3) is 0 Å². The second-order valence-electron chi connectivity index (χ2n) is 11.3. The van der Waals surface area contributed by atoms with Crippen molar-refractivity contribution >= 4 is 11.8 Å². The molecule has 4 aliphatic carbocycles. The Morgan fingerprint density at radius 3 is 2.32 bits per heavy atom.